The molecule has 0 fully saturated rings. The van der Waals surface area contributed by atoms with Crippen molar-refractivity contribution in [2.75, 3.05) is 0 Å². The van der Waals surface area contributed by atoms with Crippen molar-refractivity contribution in [1.29, 1.82) is 5.26 Å². The number of nitrogens with zero attached hydrogens (tertiary/aromatic N) is 6. The molecule has 0 unspecified atom stereocenters. The summed E-state index contributed by atoms with van der Waals surface area (Å²) in [6.07, 6.45) is 4.86. The highest BCUT2D eigenvalue weighted by molar-refractivity contribution is 6.31. The zero-order chi connectivity index (χ0) is 21.4. The van der Waals surface area contributed by atoms with Gasteiger partial charge in [0, 0.05) is 28.9 Å². The molecule has 3 heterocycles. The number of aromatic nitrogens is 5. The second kappa shape index (κ2) is 7.52. The molecule has 0 N–H and O–H groups in total. The van der Waals surface area contributed by atoms with Gasteiger partial charge in [0.2, 0.25) is 5.43 Å². The highest BCUT2D eigenvalue weighted by Gasteiger charge is 2.15. The molecule has 3 aromatic heterocycles. The molecule has 0 aliphatic heterocycles. The van der Waals surface area contributed by atoms with Gasteiger partial charge in [0.25, 0.3) is 0 Å². The molecule has 0 atom stereocenters. The third-order valence-electron chi connectivity index (χ3n) is 4.84. The highest BCUT2D eigenvalue weighted by atomic mass is 35.5. The third kappa shape index (κ3) is 3.35. The molecule has 8 heteroatoms. The monoisotopic (exact) mass is 424 g/mol. The van der Waals surface area contributed by atoms with E-state index in [0.717, 1.165) is 16.6 Å². The zero-order valence-corrected chi connectivity index (χ0v) is 16.7. The number of rotatable bonds is 3. The van der Waals surface area contributed by atoms with Crippen LogP contribution < -0.4 is 5.43 Å². The van der Waals surface area contributed by atoms with E-state index in [2.05, 4.69) is 21.3 Å². The van der Waals surface area contributed by atoms with Crippen molar-refractivity contribution < 1.29 is 0 Å². The largest absolute Gasteiger partial charge is 0.287 e. The summed E-state index contributed by atoms with van der Waals surface area (Å²) in [5, 5.41) is 19.6. The predicted octanol–water partition coefficient (Wildman–Crippen LogP) is 4.16. The van der Waals surface area contributed by atoms with Gasteiger partial charge < -0.3 is 0 Å². The van der Waals surface area contributed by atoms with Crippen LogP contribution in [-0.2, 0) is 0 Å². The summed E-state index contributed by atoms with van der Waals surface area (Å²) in [5.41, 5.74) is 3.19. The maximum absolute atomic E-state index is 12.7. The van der Waals surface area contributed by atoms with Gasteiger partial charge in [0.1, 0.15) is 0 Å². The maximum Gasteiger partial charge on any atom is 0.209 e. The van der Waals surface area contributed by atoms with Gasteiger partial charge in [-0.2, -0.15) is 15.5 Å². The molecule has 0 aliphatic carbocycles. The Hall–Kier alpha value is -4.28. The van der Waals surface area contributed by atoms with E-state index in [9.17, 15) is 4.79 Å². The Labute approximate surface area is 181 Å². The van der Waals surface area contributed by atoms with Gasteiger partial charge in [-0.15, -0.1) is 0 Å². The second-order valence-corrected chi connectivity index (χ2v) is 7.19. The molecule has 0 saturated carbocycles. The summed E-state index contributed by atoms with van der Waals surface area (Å²) in [5.74, 6) is 0. The molecule has 0 saturated heterocycles. The van der Waals surface area contributed by atoms with Crippen LogP contribution in [0.3, 0.4) is 0 Å². The van der Waals surface area contributed by atoms with Crippen molar-refractivity contribution in [3.63, 3.8) is 0 Å². The molecule has 5 rings (SSSR count). The van der Waals surface area contributed by atoms with E-state index < -0.39 is 0 Å². The van der Waals surface area contributed by atoms with Gasteiger partial charge in [-0.05, 0) is 48.5 Å². The van der Waals surface area contributed by atoms with Crippen molar-refractivity contribution in [3.05, 3.63) is 100 Å². The SMILES string of the molecule is N#Cc1cccc(-n2ccc(=O)c(-c3ccnn3-c3ccnc4cc(Cl)ccc34)n2)c1. The van der Waals surface area contributed by atoms with Gasteiger partial charge >= 0.3 is 0 Å². The van der Waals surface area contributed by atoms with E-state index in [4.69, 9.17) is 16.9 Å². The smallest absolute Gasteiger partial charge is 0.209 e. The summed E-state index contributed by atoms with van der Waals surface area (Å²) in [6.45, 7) is 0. The molecule has 31 heavy (non-hydrogen) atoms. The first kappa shape index (κ1) is 18.7. The van der Waals surface area contributed by atoms with E-state index in [0.29, 0.717) is 22.0 Å². The molecule has 0 amide bonds. The summed E-state index contributed by atoms with van der Waals surface area (Å²) >= 11 is 6.10. The van der Waals surface area contributed by atoms with Crippen molar-refractivity contribution >= 4 is 22.5 Å². The lowest BCUT2D eigenvalue weighted by Gasteiger charge is -2.11. The first-order chi connectivity index (χ1) is 15.1. The van der Waals surface area contributed by atoms with Crippen molar-refractivity contribution in [1.82, 2.24) is 24.5 Å². The standard InChI is InChI=1S/C23H13ClN6O/c24-16-4-5-18-19(13-16)26-9-6-20(18)30-21(7-10-27-30)23-22(31)8-11-29(28-23)17-3-1-2-15(12-17)14-25/h1-13H. The Balaban J connectivity index is 1.69. The van der Waals surface area contributed by atoms with Crippen LogP contribution in [0.25, 0.3) is 33.7 Å². The number of nitriles is 1. The number of hydrogen-bond acceptors (Lipinski definition) is 5. The van der Waals surface area contributed by atoms with E-state index in [-0.39, 0.29) is 11.1 Å². The quantitative estimate of drug-likeness (QED) is 0.434. The summed E-state index contributed by atoms with van der Waals surface area (Å²) in [6, 6.07) is 19.6. The Morgan fingerprint density at radius 3 is 2.77 bits per heavy atom. The normalized spacial score (nSPS) is 10.8. The highest BCUT2D eigenvalue weighted by Crippen LogP contribution is 2.26. The van der Waals surface area contributed by atoms with Gasteiger partial charge in [-0.1, -0.05) is 17.7 Å². The predicted molar refractivity (Wildman–Crippen MR) is 117 cm³/mol. The summed E-state index contributed by atoms with van der Waals surface area (Å²) in [7, 11) is 0. The first-order valence-electron chi connectivity index (χ1n) is 9.33. The fourth-order valence-corrected chi connectivity index (χ4v) is 3.58. The van der Waals surface area contributed by atoms with E-state index >= 15 is 0 Å². The molecule has 7 nitrogen and oxygen atoms in total. The van der Waals surface area contributed by atoms with E-state index in [1.807, 2.05) is 18.2 Å². The summed E-state index contributed by atoms with van der Waals surface area (Å²) < 4.78 is 3.23. The van der Waals surface area contributed by atoms with E-state index in [1.165, 1.54) is 6.07 Å². The molecule has 0 aliphatic rings. The van der Waals surface area contributed by atoms with E-state index in [1.54, 1.807) is 64.4 Å². The van der Waals surface area contributed by atoms with Crippen LogP contribution in [-0.4, -0.2) is 24.5 Å². The van der Waals surface area contributed by atoms with Crippen LogP contribution in [0.2, 0.25) is 5.02 Å². The van der Waals surface area contributed by atoms with Crippen LogP contribution in [0.5, 0.6) is 0 Å². The average Bonchev–Trinajstić information content (AvgIpc) is 3.28. The topological polar surface area (TPSA) is 89.4 Å². The lowest BCUT2D eigenvalue weighted by atomic mass is 10.2. The Morgan fingerprint density at radius 2 is 1.90 bits per heavy atom. The molecule has 2 aromatic carbocycles. The molecular formula is C23H13ClN6O. The average molecular weight is 425 g/mol. The minimum atomic E-state index is -0.240. The molecule has 0 spiro atoms. The fraction of sp³-hybridized carbons (Fsp3) is 0. The van der Waals surface area contributed by atoms with Crippen LogP contribution >= 0.6 is 11.6 Å². The van der Waals surface area contributed by atoms with Gasteiger partial charge in [-0.3, -0.25) is 9.78 Å². The molecule has 148 valence electrons. The Bertz CT molecular complexity index is 1550. The lowest BCUT2D eigenvalue weighted by Crippen LogP contribution is -2.15. The Kier molecular flexibility index (Phi) is 4.54. The lowest BCUT2D eigenvalue weighted by molar-refractivity contribution is 0.824. The van der Waals surface area contributed by atoms with Crippen molar-refractivity contribution in [2.24, 2.45) is 0 Å². The maximum atomic E-state index is 12.7. The first-order valence-corrected chi connectivity index (χ1v) is 9.71. The minimum Gasteiger partial charge on any atom is -0.287 e. The minimum absolute atomic E-state index is 0.237. The van der Waals surface area contributed by atoms with Crippen molar-refractivity contribution in [2.45, 2.75) is 0 Å². The van der Waals surface area contributed by atoms with Crippen LogP contribution in [0.1, 0.15) is 5.56 Å². The second-order valence-electron chi connectivity index (χ2n) is 6.76. The number of fused-ring (bicyclic) bond motifs is 1. The van der Waals surface area contributed by atoms with Crippen molar-refractivity contribution in [3.8, 4) is 28.8 Å². The van der Waals surface area contributed by atoms with Gasteiger partial charge in [0.15, 0.2) is 5.69 Å². The molecular weight excluding hydrogens is 412 g/mol. The van der Waals surface area contributed by atoms with Gasteiger partial charge in [-0.25, -0.2) is 9.36 Å². The van der Waals surface area contributed by atoms with Crippen LogP contribution in [0, 0.1) is 11.3 Å². The summed E-state index contributed by atoms with van der Waals surface area (Å²) in [4.78, 5) is 17.1. The number of pyridine rings is 1. The molecule has 0 radical (unpaired) electrons. The van der Waals surface area contributed by atoms with Crippen LogP contribution in [0.15, 0.2) is 84.0 Å². The molecule has 0 bridgehead atoms. The fourth-order valence-electron chi connectivity index (χ4n) is 3.41. The Morgan fingerprint density at radius 1 is 1.00 bits per heavy atom. The zero-order valence-electron chi connectivity index (χ0n) is 16.0. The number of benzene rings is 2. The molecule has 5 aromatic rings. The third-order valence-corrected chi connectivity index (χ3v) is 5.08. The number of hydrogen-bond donors (Lipinski definition) is 0. The van der Waals surface area contributed by atoms with Crippen LogP contribution in [0.4, 0.5) is 0 Å². The van der Waals surface area contributed by atoms with Gasteiger partial charge in [0.05, 0.1) is 40.4 Å². The number of halogens is 1.